The number of halogens is 1. The van der Waals surface area contributed by atoms with E-state index in [1.165, 1.54) is 0 Å². The summed E-state index contributed by atoms with van der Waals surface area (Å²) < 4.78 is 0. The summed E-state index contributed by atoms with van der Waals surface area (Å²) in [4.78, 5) is 13.3. The van der Waals surface area contributed by atoms with Gasteiger partial charge in [-0.1, -0.05) is 13.8 Å². The van der Waals surface area contributed by atoms with Gasteiger partial charge in [0.1, 0.15) is 0 Å². The van der Waals surface area contributed by atoms with Gasteiger partial charge in [-0.25, -0.2) is 0 Å². The molecule has 0 aromatic heterocycles. The van der Waals surface area contributed by atoms with E-state index in [0.29, 0.717) is 18.4 Å². The van der Waals surface area contributed by atoms with Crippen LogP contribution in [-0.4, -0.2) is 28.8 Å². The van der Waals surface area contributed by atoms with Crippen LogP contribution in [0.15, 0.2) is 0 Å². The van der Waals surface area contributed by atoms with Crippen LogP contribution in [0.25, 0.3) is 0 Å². The molecule has 70 valence electrons. The number of hydrogen-bond acceptors (Lipinski definition) is 1. The molecule has 12 heavy (non-hydrogen) atoms. The summed E-state index contributed by atoms with van der Waals surface area (Å²) in [6.45, 7) is 7.05. The van der Waals surface area contributed by atoms with Gasteiger partial charge in [0.25, 0.3) is 0 Å². The van der Waals surface area contributed by atoms with Gasteiger partial charge in [-0.2, -0.15) is 0 Å². The quantitative estimate of drug-likeness (QED) is 0.608. The van der Waals surface area contributed by atoms with Crippen LogP contribution in [0, 0.1) is 5.92 Å². The molecular weight excluding hydrogens is 174 g/mol. The van der Waals surface area contributed by atoms with E-state index >= 15 is 0 Å². The summed E-state index contributed by atoms with van der Waals surface area (Å²) in [6, 6.07) is 0.321. The fourth-order valence-electron chi connectivity index (χ4n) is 1.44. The number of alkyl halides is 1. The molecule has 0 spiro atoms. The summed E-state index contributed by atoms with van der Waals surface area (Å²) in [5.41, 5.74) is 0. The van der Waals surface area contributed by atoms with Crippen molar-refractivity contribution in [2.24, 2.45) is 5.92 Å². The van der Waals surface area contributed by atoms with Crippen LogP contribution in [0.5, 0.6) is 0 Å². The third-order valence-corrected chi connectivity index (χ3v) is 2.86. The van der Waals surface area contributed by atoms with Gasteiger partial charge in [-0.15, -0.1) is 11.6 Å². The first-order valence-corrected chi connectivity index (χ1v) is 4.89. The number of amides is 1. The molecular formula is C9H16ClNO. The lowest BCUT2D eigenvalue weighted by atomic mass is 10.1. The number of hydrogen-bond donors (Lipinski definition) is 0. The van der Waals surface area contributed by atoms with Gasteiger partial charge in [-0.3, -0.25) is 4.79 Å². The molecule has 1 fully saturated rings. The lowest BCUT2D eigenvalue weighted by molar-refractivity contribution is -0.130. The minimum absolute atomic E-state index is 0.0266. The maximum Gasteiger partial charge on any atom is 0.224 e. The smallest absolute Gasteiger partial charge is 0.224 e. The lowest BCUT2D eigenvalue weighted by Crippen LogP contribution is -2.37. The number of nitrogens with zero attached hydrogens (tertiary/aromatic N) is 1. The van der Waals surface area contributed by atoms with Crippen LogP contribution in [-0.2, 0) is 4.79 Å². The van der Waals surface area contributed by atoms with Gasteiger partial charge in [0.2, 0.25) is 5.91 Å². The van der Waals surface area contributed by atoms with Crippen molar-refractivity contribution in [2.45, 2.75) is 38.6 Å². The zero-order valence-electron chi connectivity index (χ0n) is 7.88. The first-order valence-electron chi connectivity index (χ1n) is 4.46. The average molecular weight is 190 g/mol. The molecule has 3 heteroatoms. The largest absolute Gasteiger partial charge is 0.338 e. The monoisotopic (exact) mass is 189 g/mol. The van der Waals surface area contributed by atoms with E-state index in [4.69, 9.17) is 11.6 Å². The van der Waals surface area contributed by atoms with Crippen LogP contribution in [0.1, 0.15) is 27.2 Å². The molecule has 0 saturated carbocycles. The third-order valence-electron chi connectivity index (χ3n) is 2.57. The number of rotatable bonds is 2. The van der Waals surface area contributed by atoms with Crippen molar-refractivity contribution in [3.8, 4) is 0 Å². The second kappa shape index (κ2) is 3.65. The summed E-state index contributed by atoms with van der Waals surface area (Å²) >= 11 is 5.89. The molecule has 0 aliphatic carbocycles. The van der Waals surface area contributed by atoms with E-state index in [0.717, 1.165) is 6.54 Å². The summed E-state index contributed by atoms with van der Waals surface area (Å²) in [7, 11) is 0. The molecule has 2 atom stereocenters. The van der Waals surface area contributed by atoms with Gasteiger partial charge < -0.3 is 4.90 Å². The molecule has 0 aromatic carbocycles. The van der Waals surface area contributed by atoms with Crippen molar-refractivity contribution >= 4 is 17.5 Å². The maximum atomic E-state index is 11.4. The third kappa shape index (κ3) is 1.92. The molecule has 1 aliphatic rings. The average Bonchev–Trinajstić information content (AvgIpc) is 2.28. The van der Waals surface area contributed by atoms with Gasteiger partial charge in [-0.05, 0) is 12.8 Å². The molecule has 0 radical (unpaired) electrons. The van der Waals surface area contributed by atoms with Crippen molar-refractivity contribution in [1.29, 1.82) is 0 Å². The van der Waals surface area contributed by atoms with Gasteiger partial charge in [0, 0.05) is 19.0 Å². The standard InChI is InChI=1S/C9H16ClNO/c1-6(2)7(3)11-5-8(10)4-9(11)12/h6-8H,4-5H2,1-3H3. The highest BCUT2D eigenvalue weighted by Gasteiger charge is 2.32. The molecule has 0 bridgehead atoms. The Bertz CT molecular complexity index is 181. The summed E-state index contributed by atoms with van der Waals surface area (Å²) in [6.07, 6.45) is 0.513. The highest BCUT2D eigenvalue weighted by Crippen LogP contribution is 2.21. The fourth-order valence-corrected chi connectivity index (χ4v) is 1.72. The Balaban J connectivity index is 2.58. The molecule has 1 rings (SSSR count). The molecule has 1 saturated heterocycles. The fraction of sp³-hybridized carbons (Fsp3) is 0.889. The first-order chi connectivity index (χ1) is 5.52. The second-order valence-electron chi connectivity index (χ2n) is 3.83. The van der Waals surface area contributed by atoms with Crippen molar-refractivity contribution in [2.75, 3.05) is 6.54 Å². The molecule has 1 heterocycles. The van der Waals surface area contributed by atoms with Gasteiger partial charge in [0.05, 0.1) is 5.38 Å². The Morgan fingerprint density at radius 2 is 2.08 bits per heavy atom. The minimum Gasteiger partial charge on any atom is -0.338 e. The van der Waals surface area contributed by atoms with E-state index in [1.807, 2.05) is 4.90 Å². The minimum atomic E-state index is 0.0266. The number of carbonyl (C=O) groups excluding carboxylic acids is 1. The highest BCUT2D eigenvalue weighted by molar-refractivity contribution is 6.22. The zero-order chi connectivity index (χ0) is 9.30. The summed E-state index contributed by atoms with van der Waals surface area (Å²) in [5.74, 6) is 0.715. The van der Waals surface area contributed by atoms with E-state index < -0.39 is 0 Å². The van der Waals surface area contributed by atoms with Crippen LogP contribution in [0.2, 0.25) is 0 Å². The molecule has 1 amide bonds. The lowest BCUT2D eigenvalue weighted by Gasteiger charge is -2.27. The Kier molecular flexibility index (Phi) is 2.99. The summed E-state index contributed by atoms with van der Waals surface area (Å²) in [5, 5.41) is 0.0266. The van der Waals surface area contributed by atoms with E-state index in [2.05, 4.69) is 20.8 Å². The Morgan fingerprint density at radius 3 is 2.42 bits per heavy atom. The molecule has 0 aromatic rings. The van der Waals surface area contributed by atoms with E-state index in [9.17, 15) is 4.79 Å². The van der Waals surface area contributed by atoms with Gasteiger partial charge >= 0.3 is 0 Å². The Morgan fingerprint density at radius 1 is 1.50 bits per heavy atom. The normalized spacial score (nSPS) is 26.9. The predicted octanol–water partition coefficient (Wildman–Crippen LogP) is 1.87. The highest BCUT2D eigenvalue weighted by atomic mass is 35.5. The molecule has 2 unspecified atom stereocenters. The SMILES string of the molecule is CC(C)C(C)N1CC(Cl)CC1=O. The van der Waals surface area contributed by atoms with E-state index in [-0.39, 0.29) is 11.3 Å². The van der Waals surface area contributed by atoms with Gasteiger partial charge in [0.15, 0.2) is 0 Å². The van der Waals surface area contributed by atoms with Crippen LogP contribution >= 0.6 is 11.6 Å². The van der Waals surface area contributed by atoms with Crippen LogP contribution in [0.3, 0.4) is 0 Å². The topological polar surface area (TPSA) is 20.3 Å². The van der Waals surface area contributed by atoms with Crippen molar-refractivity contribution in [3.05, 3.63) is 0 Å². The predicted molar refractivity (Wildman–Crippen MR) is 50.3 cm³/mol. The zero-order valence-corrected chi connectivity index (χ0v) is 8.64. The first kappa shape index (κ1) is 9.85. The van der Waals surface area contributed by atoms with Crippen LogP contribution in [0.4, 0.5) is 0 Å². The van der Waals surface area contributed by atoms with Crippen molar-refractivity contribution in [1.82, 2.24) is 4.90 Å². The molecule has 2 nitrogen and oxygen atoms in total. The number of likely N-dealkylation sites (tertiary alicyclic amines) is 1. The number of carbonyl (C=O) groups is 1. The molecule has 0 N–H and O–H groups in total. The van der Waals surface area contributed by atoms with E-state index in [1.54, 1.807) is 0 Å². The van der Waals surface area contributed by atoms with Crippen molar-refractivity contribution in [3.63, 3.8) is 0 Å². The Labute approximate surface area is 78.9 Å². The Hall–Kier alpha value is -0.240. The van der Waals surface area contributed by atoms with Crippen molar-refractivity contribution < 1.29 is 4.79 Å². The van der Waals surface area contributed by atoms with Crippen LogP contribution < -0.4 is 0 Å². The maximum absolute atomic E-state index is 11.4. The molecule has 1 aliphatic heterocycles. The second-order valence-corrected chi connectivity index (χ2v) is 4.45.